The van der Waals surface area contributed by atoms with Crippen LogP contribution in [0, 0.1) is 6.92 Å². The SMILES string of the molecule is CCCc1sc(NC(=O)c2ccc(-c3ccccc3)cc2)c(C(=O)[O-])c1C. The third-order valence-electron chi connectivity index (χ3n) is 4.41. The molecule has 5 heteroatoms. The summed E-state index contributed by atoms with van der Waals surface area (Å²) in [6, 6.07) is 17.1. The van der Waals surface area contributed by atoms with Crippen molar-refractivity contribution in [1.29, 1.82) is 0 Å². The summed E-state index contributed by atoms with van der Waals surface area (Å²) in [4.78, 5) is 25.1. The molecule has 4 nitrogen and oxygen atoms in total. The third-order valence-corrected chi connectivity index (χ3v) is 5.68. The summed E-state index contributed by atoms with van der Waals surface area (Å²) in [5, 5.41) is 14.6. The fourth-order valence-electron chi connectivity index (χ4n) is 2.98. The number of carboxylic acids is 1. The predicted octanol–water partition coefficient (Wildman–Crippen LogP) is 4.29. The molecule has 27 heavy (non-hydrogen) atoms. The summed E-state index contributed by atoms with van der Waals surface area (Å²) in [5.74, 6) is -1.60. The Bertz CT molecular complexity index is 959. The molecule has 138 valence electrons. The predicted molar refractivity (Wildman–Crippen MR) is 107 cm³/mol. The average molecular weight is 378 g/mol. The molecule has 0 fully saturated rings. The van der Waals surface area contributed by atoms with Gasteiger partial charge in [-0.15, -0.1) is 11.3 Å². The van der Waals surface area contributed by atoms with Crippen molar-refractivity contribution < 1.29 is 14.7 Å². The summed E-state index contributed by atoms with van der Waals surface area (Å²) in [7, 11) is 0. The van der Waals surface area contributed by atoms with Crippen LogP contribution in [0.15, 0.2) is 54.6 Å². The van der Waals surface area contributed by atoms with Gasteiger partial charge in [0.05, 0.1) is 5.97 Å². The van der Waals surface area contributed by atoms with E-state index in [0.717, 1.165) is 28.8 Å². The highest BCUT2D eigenvalue weighted by molar-refractivity contribution is 7.17. The molecule has 1 aromatic heterocycles. The zero-order valence-corrected chi connectivity index (χ0v) is 16.1. The van der Waals surface area contributed by atoms with Crippen molar-refractivity contribution >= 4 is 28.2 Å². The molecule has 1 heterocycles. The van der Waals surface area contributed by atoms with Crippen LogP contribution in [0.4, 0.5) is 5.00 Å². The van der Waals surface area contributed by atoms with E-state index in [2.05, 4.69) is 5.32 Å². The quantitative estimate of drug-likeness (QED) is 0.695. The molecule has 0 bridgehead atoms. The molecule has 0 aliphatic rings. The summed E-state index contributed by atoms with van der Waals surface area (Å²) in [6.07, 6.45) is 1.68. The number of hydrogen-bond acceptors (Lipinski definition) is 4. The second-order valence-electron chi connectivity index (χ2n) is 6.29. The van der Waals surface area contributed by atoms with E-state index in [4.69, 9.17) is 0 Å². The highest BCUT2D eigenvalue weighted by Crippen LogP contribution is 2.34. The first-order chi connectivity index (χ1) is 13.0. The molecule has 3 aromatic rings. The molecule has 0 atom stereocenters. The zero-order chi connectivity index (χ0) is 19.4. The number of amides is 1. The van der Waals surface area contributed by atoms with E-state index in [1.54, 1.807) is 19.1 Å². The Labute approximate surface area is 162 Å². The van der Waals surface area contributed by atoms with Crippen molar-refractivity contribution in [3.8, 4) is 11.1 Å². The van der Waals surface area contributed by atoms with Crippen LogP contribution < -0.4 is 10.4 Å². The van der Waals surface area contributed by atoms with Crippen LogP contribution in [-0.2, 0) is 6.42 Å². The van der Waals surface area contributed by atoms with Gasteiger partial charge in [0, 0.05) is 16.0 Å². The Morgan fingerprint density at radius 2 is 1.63 bits per heavy atom. The van der Waals surface area contributed by atoms with Crippen LogP contribution in [0.3, 0.4) is 0 Å². The molecule has 0 radical (unpaired) electrons. The van der Waals surface area contributed by atoms with Crippen LogP contribution >= 0.6 is 11.3 Å². The standard InChI is InChI=1S/C22H21NO3S/c1-3-7-18-14(2)19(22(25)26)21(27-18)23-20(24)17-12-10-16(11-13-17)15-8-5-4-6-9-15/h4-6,8-13H,3,7H2,1-2H3,(H,23,24)(H,25,26)/p-1. The molecular weight excluding hydrogens is 358 g/mol. The van der Waals surface area contributed by atoms with E-state index >= 15 is 0 Å². The van der Waals surface area contributed by atoms with Crippen LogP contribution in [0.25, 0.3) is 11.1 Å². The number of anilines is 1. The van der Waals surface area contributed by atoms with Gasteiger partial charge in [0.15, 0.2) is 0 Å². The number of thiophene rings is 1. The molecule has 0 aliphatic heterocycles. The monoisotopic (exact) mass is 378 g/mol. The molecule has 0 saturated heterocycles. The number of carbonyl (C=O) groups excluding carboxylic acids is 2. The van der Waals surface area contributed by atoms with E-state index in [9.17, 15) is 14.7 Å². The first-order valence-corrected chi connectivity index (χ1v) is 9.63. The summed E-state index contributed by atoms with van der Waals surface area (Å²) < 4.78 is 0. The average Bonchev–Trinajstić information content (AvgIpc) is 2.98. The van der Waals surface area contributed by atoms with Gasteiger partial charge in [-0.3, -0.25) is 4.79 Å². The molecule has 0 saturated carbocycles. The summed E-state index contributed by atoms with van der Waals surface area (Å²) >= 11 is 1.31. The van der Waals surface area contributed by atoms with Gasteiger partial charge in [-0.25, -0.2) is 0 Å². The molecule has 2 aromatic carbocycles. The van der Waals surface area contributed by atoms with Crippen LogP contribution in [0.5, 0.6) is 0 Å². The maximum Gasteiger partial charge on any atom is 0.256 e. The molecule has 1 amide bonds. The first-order valence-electron chi connectivity index (χ1n) is 8.81. The molecule has 1 N–H and O–H groups in total. The molecule has 0 aliphatic carbocycles. The first kappa shape index (κ1) is 18.9. The lowest BCUT2D eigenvalue weighted by Gasteiger charge is -2.09. The maximum atomic E-state index is 12.6. The van der Waals surface area contributed by atoms with Crippen LogP contribution in [0.1, 0.15) is 44.5 Å². The second kappa shape index (κ2) is 8.18. The highest BCUT2D eigenvalue weighted by Gasteiger charge is 2.18. The maximum absolute atomic E-state index is 12.6. The Morgan fingerprint density at radius 3 is 2.22 bits per heavy atom. The highest BCUT2D eigenvalue weighted by atomic mass is 32.1. The van der Waals surface area contributed by atoms with Crippen LogP contribution in [0.2, 0.25) is 0 Å². The fraction of sp³-hybridized carbons (Fsp3) is 0.182. The lowest BCUT2D eigenvalue weighted by Crippen LogP contribution is -2.24. The molecular formula is C22H20NO3S-. The second-order valence-corrected chi connectivity index (χ2v) is 7.39. The van der Waals surface area contributed by atoms with Gasteiger partial charge in [-0.2, -0.15) is 0 Å². The van der Waals surface area contributed by atoms with Gasteiger partial charge in [0.1, 0.15) is 5.00 Å². The Balaban J connectivity index is 1.83. The van der Waals surface area contributed by atoms with E-state index < -0.39 is 5.97 Å². The van der Waals surface area contributed by atoms with Gasteiger partial charge >= 0.3 is 0 Å². The van der Waals surface area contributed by atoms with Crippen molar-refractivity contribution in [1.82, 2.24) is 0 Å². The van der Waals surface area contributed by atoms with E-state index in [1.807, 2.05) is 49.4 Å². The van der Waals surface area contributed by atoms with Gasteiger partial charge in [0.25, 0.3) is 5.91 Å². The number of nitrogens with one attached hydrogen (secondary N) is 1. The minimum atomic E-state index is -1.26. The zero-order valence-electron chi connectivity index (χ0n) is 15.2. The number of aryl methyl sites for hydroxylation is 1. The van der Waals surface area contributed by atoms with Crippen molar-refractivity contribution in [2.45, 2.75) is 26.7 Å². The molecule has 3 rings (SSSR count). The van der Waals surface area contributed by atoms with Crippen molar-refractivity contribution in [2.75, 3.05) is 5.32 Å². The number of carboxylic acid groups (broad SMARTS) is 1. The fourth-order valence-corrected chi connectivity index (χ4v) is 4.27. The number of rotatable bonds is 6. The van der Waals surface area contributed by atoms with E-state index in [1.165, 1.54) is 11.3 Å². The summed E-state index contributed by atoms with van der Waals surface area (Å²) in [6.45, 7) is 3.79. The number of hydrogen-bond donors (Lipinski definition) is 1. The lowest BCUT2D eigenvalue weighted by atomic mass is 10.0. The van der Waals surface area contributed by atoms with Crippen molar-refractivity contribution in [2.24, 2.45) is 0 Å². The van der Waals surface area contributed by atoms with E-state index in [0.29, 0.717) is 16.1 Å². The number of aromatic carboxylic acids is 1. The molecule has 0 spiro atoms. The minimum Gasteiger partial charge on any atom is -0.545 e. The minimum absolute atomic E-state index is 0.0812. The number of carbonyl (C=O) groups is 2. The third kappa shape index (κ3) is 4.09. The van der Waals surface area contributed by atoms with Gasteiger partial charge in [-0.05, 0) is 42.2 Å². The van der Waals surface area contributed by atoms with Gasteiger partial charge < -0.3 is 15.2 Å². The lowest BCUT2D eigenvalue weighted by molar-refractivity contribution is -0.254. The Morgan fingerprint density at radius 1 is 1.00 bits per heavy atom. The van der Waals surface area contributed by atoms with Crippen LogP contribution in [-0.4, -0.2) is 11.9 Å². The Kier molecular flexibility index (Phi) is 5.72. The molecule has 0 unspecified atom stereocenters. The van der Waals surface area contributed by atoms with Crippen molar-refractivity contribution in [3.05, 3.63) is 76.2 Å². The number of benzene rings is 2. The van der Waals surface area contributed by atoms with Crippen molar-refractivity contribution in [3.63, 3.8) is 0 Å². The summed E-state index contributed by atoms with van der Waals surface area (Å²) in [5.41, 5.74) is 3.32. The largest absolute Gasteiger partial charge is 0.545 e. The van der Waals surface area contributed by atoms with Gasteiger partial charge in [-0.1, -0.05) is 55.8 Å². The topological polar surface area (TPSA) is 69.2 Å². The smallest absolute Gasteiger partial charge is 0.256 e. The van der Waals surface area contributed by atoms with E-state index in [-0.39, 0.29) is 11.5 Å². The van der Waals surface area contributed by atoms with Gasteiger partial charge in [0.2, 0.25) is 0 Å². The normalized spacial score (nSPS) is 10.6. The Hall–Kier alpha value is -2.92.